The van der Waals surface area contributed by atoms with Crippen LogP contribution < -0.4 is 5.32 Å². The molecule has 1 atom stereocenters. The van der Waals surface area contributed by atoms with E-state index in [1.54, 1.807) is 36.4 Å². The van der Waals surface area contributed by atoms with E-state index in [2.05, 4.69) is 10.4 Å². The van der Waals surface area contributed by atoms with Crippen molar-refractivity contribution in [3.8, 4) is 0 Å². The minimum absolute atomic E-state index is 0.0870. The summed E-state index contributed by atoms with van der Waals surface area (Å²) in [6, 6.07) is 22.8. The molecule has 0 bridgehead atoms. The van der Waals surface area contributed by atoms with Crippen LogP contribution in [-0.2, 0) is 10.2 Å². The summed E-state index contributed by atoms with van der Waals surface area (Å²) in [5.74, 6) is -0.103. The number of nitrogens with zero attached hydrogens (tertiary/aromatic N) is 2. The number of nitrogens with one attached hydrogen (secondary N) is 1. The first kappa shape index (κ1) is 21.1. The summed E-state index contributed by atoms with van der Waals surface area (Å²) in [5, 5.41) is 9.86. The van der Waals surface area contributed by atoms with Crippen LogP contribution in [0.1, 0.15) is 18.1 Å². The Morgan fingerprint density at radius 1 is 0.903 bits per heavy atom. The van der Waals surface area contributed by atoms with E-state index in [0.29, 0.717) is 21.4 Å². The lowest BCUT2D eigenvalue weighted by atomic mass is 9.71. The topological polar surface area (TPSA) is 61.8 Å². The maximum Gasteiger partial charge on any atom is 0.342 e. The Bertz CT molecular complexity index is 1150. The molecule has 2 amide bonds. The number of carbonyl (C=O) groups excluding carboxylic acids is 2. The summed E-state index contributed by atoms with van der Waals surface area (Å²) in [5.41, 5.74) is 1.50. The zero-order valence-electron chi connectivity index (χ0n) is 16.7. The maximum absolute atomic E-state index is 13.1. The Balaban J connectivity index is 1.77. The van der Waals surface area contributed by atoms with Crippen LogP contribution in [0.2, 0.25) is 10.0 Å². The molecule has 1 N–H and O–H groups in total. The second kappa shape index (κ2) is 8.53. The van der Waals surface area contributed by atoms with Crippen molar-refractivity contribution >= 4 is 46.4 Å². The van der Waals surface area contributed by atoms with Gasteiger partial charge in [-0.25, -0.2) is 9.80 Å². The van der Waals surface area contributed by atoms with Crippen LogP contribution in [0.3, 0.4) is 0 Å². The molecule has 156 valence electrons. The van der Waals surface area contributed by atoms with Gasteiger partial charge in [0.05, 0.1) is 12.3 Å². The molecule has 0 saturated heterocycles. The molecule has 1 heterocycles. The summed E-state index contributed by atoms with van der Waals surface area (Å²) in [4.78, 5) is 26.1. The Kier molecular flexibility index (Phi) is 5.81. The number of hydrogen-bond donors (Lipinski definition) is 1. The fraction of sp³-hybridized carbons (Fsp3) is 0.125. The van der Waals surface area contributed by atoms with Crippen molar-refractivity contribution in [1.82, 2.24) is 5.01 Å². The Labute approximate surface area is 190 Å². The number of ketones is 1. The van der Waals surface area contributed by atoms with Crippen molar-refractivity contribution in [2.45, 2.75) is 12.3 Å². The fourth-order valence-electron chi connectivity index (χ4n) is 3.72. The zero-order chi connectivity index (χ0) is 22.0. The van der Waals surface area contributed by atoms with Gasteiger partial charge in [-0.05, 0) is 54.4 Å². The van der Waals surface area contributed by atoms with Crippen LogP contribution in [0.25, 0.3) is 0 Å². The Hall–Kier alpha value is -3.15. The van der Waals surface area contributed by atoms with Gasteiger partial charge in [0.2, 0.25) is 0 Å². The minimum atomic E-state index is -1.09. The van der Waals surface area contributed by atoms with Crippen molar-refractivity contribution < 1.29 is 9.59 Å². The lowest BCUT2D eigenvalue weighted by Crippen LogP contribution is -2.46. The molecule has 0 aliphatic carbocycles. The van der Waals surface area contributed by atoms with Gasteiger partial charge in [-0.2, -0.15) is 5.10 Å². The number of carbonyl (C=O) groups is 2. The molecule has 0 spiro atoms. The van der Waals surface area contributed by atoms with Crippen LogP contribution in [-0.4, -0.2) is 29.1 Å². The number of rotatable bonds is 4. The molecule has 7 heteroatoms. The highest BCUT2D eigenvalue weighted by molar-refractivity contribution is 6.31. The highest BCUT2D eigenvalue weighted by Gasteiger charge is 2.50. The normalized spacial score (nSPS) is 17.9. The summed E-state index contributed by atoms with van der Waals surface area (Å²) in [6.07, 6.45) is 0. The van der Waals surface area contributed by atoms with Gasteiger partial charge in [-0.15, -0.1) is 0 Å². The third-order valence-corrected chi connectivity index (χ3v) is 5.83. The first-order valence-corrected chi connectivity index (χ1v) is 10.4. The lowest BCUT2D eigenvalue weighted by Gasteiger charge is -2.29. The van der Waals surface area contributed by atoms with Crippen molar-refractivity contribution in [2.75, 3.05) is 11.9 Å². The summed E-state index contributed by atoms with van der Waals surface area (Å²) in [6.45, 7) is 1.61. The summed E-state index contributed by atoms with van der Waals surface area (Å²) in [7, 11) is 0. The number of amides is 2. The van der Waals surface area contributed by atoms with Gasteiger partial charge >= 0.3 is 6.03 Å². The molecule has 0 radical (unpaired) electrons. The molecule has 5 nitrogen and oxygen atoms in total. The van der Waals surface area contributed by atoms with E-state index >= 15 is 0 Å². The zero-order valence-corrected chi connectivity index (χ0v) is 18.2. The van der Waals surface area contributed by atoms with Gasteiger partial charge in [0.15, 0.2) is 0 Å². The van der Waals surface area contributed by atoms with Gasteiger partial charge in [0.25, 0.3) is 0 Å². The number of hydrazone groups is 1. The third kappa shape index (κ3) is 4.07. The largest absolute Gasteiger partial charge is 0.342 e. The number of hydrogen-bond acceptors (Lipinski definition) is 3. The fourth-order valence-corrected chi connectivity index (χ4v) is 3.98. The highest BCUT2D eigenvalue weighted by Crippen LogP contribution is 2.37. The molecule has 1 aliphatic rings. The van der Waals surface area contributed by atoms with Crippen LogP contribution >= 0.6 is 23.2 Å². The second-order valence-electron chi connectivity index (χ2n) is 7.28. The van der Waals surface area contributed by atoms with Crippen LogP contribution in [0, 0.1) is 0 Å². The molecule has 0 saturated carbocycles. The Morgan fingerprint density at radius 2 is 1.48 bits per heavy atom. The number of halogens is 2. The van der Waals surface area contributed by atoms with Gasteiger partial charge in [-0.1, -0.05) is 65.7 Å². The average molecular weight is 452 g/mol. The predicted octanol–water partition coefficient (Wildman–Crippen LogP) is 5.77. The van der Waals surface area contributed by atoms with Gasteiger partial charge < -0.3 is 5.32 Å². The van der Waals surface area contributed by atoms with E-state index in [9.17, 15) is 9.59 Å². The Morgan fingerprint density at radius 3 is 2.06 bits per heavy atom. The average Bonchev–Trinajstić information content (AvgIpc) is 3.19. The quantitative estimate of drug-likeness (QED) is 0.546. The monoisotopic (exact) mass is 451 g/mol. The molecular formula is C24H19Cl2N3O2. The molecule has 0 aromatic heterocycles. The van der Waals surface area contributed by atoms with Crippen molar-refractivity contribution in [2.24, 2.45) is 5.10 Å². The third-order valence-electron chi connectivity index (χ3n) is 5.33. The molecule has 3 aromatic rings. The molecule has 1 unspecified atom stereocenters. The van der Waals surface area contributed by atoms with E-state index in [-0.39, 0.29) is 12.3 Å². The van der Waals surface area contributed by atoms with Crippen LogP contribution in [0.15, 0.2) is 84.0 Å². The standard InChI is InChI=1S/C24H19Cl2N3O2/c1-16(30)24(18-5-3-2-4-6-18)15-29(23(31)27-21-13-11-20(26)12-14-21)28-22(24)17-7-9-19(25)10-8-17/h2-14H,15H2,1H3,(H,27,31). The van der Waals surface area contributed by atoms with E-state index in [4.69, 9.17) is 23.2 Å². The lowest BCUT2D eigenvalue weighted by molar-refractivity contribution is -0.120. The van der Waals surface area contributed by atoms with Gasteiger partial charge in [-0.3, -0.25) is 4.79 Å². The molecule has 31 heavy (non-hydrogen) atoms. The van der Waals surface area contributed by atoms with Crippen molar-refractivity contribution in [3.63, 3.8) is 0 Å². The molecule has 3 aromatic carbocycles. The van der Waals surface area contributed by atoms with E-state index in [1.807, 2.05) is 42.5 Å². The van der Waals surface area contributed by atoms with E-state index in [0.717, 1.165) is 11.1 Å². The minimum Gasteiger partial charge on any atom is -0.306 e. The molecule has 4 rings (SSSR count). The number of urea groups is 1. The van der Waals surface area contributed by atoms with E-state index in [1.165, 1.54) is 11.9 Å². The summed E-state index contributed by atoms with van der Waals surface area (Å²) >= 11 is 12.0. The van der Waals surface area contributed by atoms with Gasteiger partial charge in [0.1, 0.15) is 11.2 Å². The molecular weight excluding hydrogens is 433 g/mol. The van der Waals surface area contributed by atoms with Crippen molar-refractivity contribution in [1.29, 1.82) is 0 Å². The molecule has 0 fully saturated rings. The summed E-state index contributed by atoms with van der Waals surface area (Å²) < 4.78 is 0. The number of benzene rings is 3. The first-order chi connectivity index (χ1) is 14.9. The van der Waals surface area contributed by atoms with E-state index < -0.39 is 11.4 Å². The van der Waals surface area contributed by atoms with Crippen LogP contribution in [0.5, 0.6) is 0 Å². The predicted molar refractivity (Wildman–Crippen MR) is 124 cm³/mol. The number of Topliss-reactive ketones (excluding diaryl/α,β-unsaturated/α-hetero) is 1. The van der Waals surface area contributed by atoms with Gasteiger partial charge in [0, 0.05) is 15.7 Å². The highest BCUT2D eigenvalue weighted by atomic mass is 35.5. The SMILES string of the molecule is CC(=O)C1(c2ccccc2)CN(C(=O)Nc2ccc(Cl)cc2)N=C1c1ccc(Cl)cc1. The number of anilines is 1. The van der Waals surface area contributed by atoms with Crippen LogP contribution in [0.4, 0.5) is 10.5 Å². The molecule has 1 aliphatic heterocycles. The van der Waals surface area contributed by atoms with Crippen molar-refractivity contribution in [3.05, 3.63) is 100 Å². The second-order valence-corrected chi connectivity index (χ2v) is 8.15. The first-order valence-electron chi connectivity index (χ1n) is 9.66. The maximum atomic E-state index is 13.1. The smallest absolute Gasteiger partial charge is 0.306 e.